The van der Waals surface area contributed by atoms with Crippen molar-refractivity contribution in [2.24, 2.45) is 0 Å². The number of hydrogen-bond donors (Lipinski definition) is 2. The lowest BCUT2D eigenvalue weighted by molar-refractivity contribution is -0.140. The molecule has 0 aromatic carbocycles. The third-order valence-corrected chi connectivity index (χ3v) is 3.37. The van der Waals surface area contributed by atoms with Crippen molar-refractivity contribution < 1.29 is 23.9 Å². The predicted octanol–water partition coefficient (Wildman–Crippen LogP) is 1.36. The largest absolute Gasteiger partial charge is 0.469 e. The molecule has 122 valence electrons. The molecule has 0 spiro atoms. The molecular formula is C15H22N2O5. The first kappa shape index (κ1) is 17.7. The highest BCUT2D eigenvalue weighted by atomic mass is 16.5. The summed E-state index contributed by atoms with van der Waals surface area (Å²) in [6.07, 6.45) is 1.32. The van der Waals surface area contributed by atoms with E-state index in [9.17, 15) is 14.4 Å². The monoisotopic (exact) mass is 310 g/mol. The number of methoxy groups -OCH3 is 2. The number of H-pyrrole nitrogens is 1. The quantitative estimate of drug-likeness (QED) is 0.585. The second-order valence-corrected chi connectivity index (χ2v) is 4.76. The number of ether oxygens (including phenoxy) is 2. The molecule has 0 aliphatic rings. The van der Waals surface area contributed by atoms with Crippen LogP contribution in [-0.4, -0.2) is 43.6 Å². The fourth-order valence-electron chi connectivity index (χ4n) is 2.15. The van der Waals surface area contributed by atoms with E-state index in [0.29, 0.717) is 41.9 Å². The lowest BCUT2D eigenvalue weighted by atomic mass is 10.1. The summed E-state index contributed by atoms with van der Waals surface area (Å²) in [6.45, 7) is 3.93. The smallest absolute Gasteiger partial charge is 0.339 e. The molecule has 0 saturated carbocycles. The second kappa shape index (κ2) is 8.21. The van der Waals surface area contributed by atoms with Gasteiger partial charge in [-0.2, -0.15) is 0 Å². The normalized spacial score (nSPS) is 10.2. The van der Waals surface area contributed by atoms with Crippen molar-refractivity contribution in [2.45, 2.75) is 33.1 Å². The summed E-state index contributed by atoms with van der Waals surface area (Å²) >= 11 is 0. The van der Waals surface area contributed by atoms with Gasteiger partial charge >= 0.3 is 11.9 Å². The molecule has 0 aliphatic heterocycles. The van der Waals surface area contributed by atoms with Gasteiger partial charge in [0.05, 0.1) is 19.8 Å². The molecule has 0 fully saturated rings. The van der Waals surface area contributed by atoms with Crippen LogP contribution in [0, 0.1) is 6.92 Å². The minimum atomic E-state index is -0.463. The van der Waals surface area contributed by atoms with Gasteiger partial charge in [0.15, 0.2) is 0 Å². The highest BCUT2D eigenvalue weighted by Crippen LogP contribution is 2.20. The zero-order valence-corrected chi connectivity index (χ0v) is 13.4. The van der Waals surface area contributed by atoms with Gasteiger partial charge in [0.2, 0.25) is 0 Å². The fourth-order valence-corrected chi connectivity index (χ4v) is 2.15. The van der Waals surface area contributed by atoms with E-state index in [1.807, 2.05) is 6.92 Å². The van der Waals surface area contributed by atoms with Crippen LogP contribution in [0.2, 0.25) is 0 Å². The lowest BCUT2D eigenvalue weighted by Gasteiger charge is -2.04. The average molecular weight is 310 g/mol. The molecule has 7 nitrogen and oxygen atoms in total. The Morgan fingerprint density at radius 1 is 1.18 bits per heavy atom. The molecule has 1 amide bonds. The maximum Gasteiger partial charge on any atom is 0.339 e. The van der Waals surface area contributed by atoms with Crippen LogP contribution in [0.3, 0.4) is 0 Å². The highest BCUT2D eigenvalue weighted by molar-refractivity contribution is 6.00. The summed E-state index contributed by atoms with van der Waals surface area (Å²) in [4.78, 5) is 37.9. The van der Waals surface area contributed by atoms with Crippen LogP contribution in [0.25, 0.3) is 0 Å². The van der Waals surface area contributed by atoms with Crippen LogP contribution in [0.15, 0.2) is 0 Å². The van der Waals surface area contributed by atoms with Gasteiger partial charge in [-0.05, 0) is 25.3 Å². The summed E-state index contributed by atoms with van der Waals surface area (Å²) < 4.78 is 9.27. The molecule has 2 N–H and O–H groups in total. The van der Waals surface area contributed by atoms with Crippen LogP contribution >= 0.6 is 0 Å². The van der Waals surface area contributed by atoms with E-state index in [1.165, 1.54) is 14.2 Å². The number of esters is 2. The molecular weight excluding hydrogens is 288 g/mol. The van der Waals surface area contributed by atoms with E-state index in [-0.39, 0.29) is 18.3 Å². The Kier molecular flexibility index (Phi) is 6.62. The van der Waals surface area contributed by atoms with Crippen LogP contribution in [-0.2, 0) is 20.7 Å². The number of aromatic nitrogens is 1. The molecule has 0 radical (unpaired) electrons. The van der Waals surface area contributed by atoms with Crippen molar-refractivity contribution in [3.05, 3.63) is 22.5 Å². The lowest BCUT2D eigenvalue weighted by Crippen LogP contribution is -2.26. The first-order chi connectivity index (χ1) is 10.5. The number of carbonyl (C=O) groups excluding carboxylic acids is 3. The topological polar surface area (TPSA) is 97.5 Å². The van der Waals surface area contributed by atoms with Crippen molar-refractivity contribution >= 4 is 17.8 Å². The molecule has 1 rings (SSSR count). The van der Waals surface area contributed by atoms with E-state index < -0.39 is 5.97 Å². The molecule has 0 saturated heterocycles. The Hall–Kier alpha value is -2.31. The van der Waals surface area contributed by atoms with Crippen molar-refractivity contribution in [2.75, 3.05) is 20.8 Å². The molecule has 7 heteroatoms. The number of aromatic amines is 1. The number of rotatable bonds is 7. The van der Waals surface area contributed by atoms with Gasteiger partial charge in [0.25, 0.3) is 5.91 Å². The van der Waals surface area contributed by atoms with Crippen molar-refractivity contribution in [1.29, 1.82) is 0 Å². The Labute approximate surface area is 129 Å². The van der Waals surface area contributed by atoms with Crippen LogP contribution in [0.4, 0.5) is 0 Å². The molecule has 0 atom stereocenters. The van der Waals surface area contributed by atoms with Gasteiger partial charge < -0.3 is 19.8 Å². The molecule has 22 heavy (non-hydrogen) atoms. The SMILES string of the molecule is CCc1[nH]c(C(=O)NCCCC(=O)OC)c(C)c1C(=O)OC. The first-order valence-corrected chi connectivity index (χ1v) is 7.10. The fraction of sp³-hybridized carbons (Fsp3) is 0.533. The van der Waals surface area contributed by atoms with Gasteiger partial charge in [-0.1, -0.05) is 6.92 Å². The molecule has 1 aromatic heterocycles. The van der Waals surface area contributed by atoms with Crippen LogP contribution in [0.1, 0.15) is 51.9 Å². The molecule has 0 unspecified atom stereocenters. The zero-order chi connectivity index (χ0) is 16.7. The first-order valence-electron chi connectivity index (χ1n) is 7.10. The predicted molar refractivity (Wildman–Crippen MR) is 79.8 cm³/mol. The Balaban J connectivity index is 2.76. The minimum Gasteiger partial charge on any atom is -0.469 e. The number of nitrogens with one attached hydrogen (secondary N) is 2. The van der Waals surface area contributed by atoms with Crippen LogP contribution in [0.5, 0.6) is 0 Å². The van der Waals surface area contributed by atoms with Gasteiger partial charge in [0.1, 0.15) is 5.69 Å². The summed E-state index contributed by atoms with van der Waals surface area (Å²) in [6, 6.07) is 0. The number of amides is 1. The standard InChI is InChI=1S/C15H22N2O5/c1-5-10-12(15(20)22-4)9(2)13(17-10)14(19)16-8-6-7-11(18)21-3/h17H,5-8H2,1-4H3,(H,16,19). The summed E-state index contributed by atoms with van der Waals surface area (Å²) in [7, 11) is 2.63. The van der Waals surface area contributed by atoms with Crippen molar-refractivity contribution in [3.8, 4) is 0 Å². The van der Waals surface area contributed by atoms with Crippen molar-refractivity contribution in [3.63, 3.8) is 0 Å². The van der Waals surface area contributed by atoms with Gasteiger partial charge in [-0.3, -0.25) is 9.59 Å². The van der Waals surface area contributed by atoms with Gasteiger partial charge in [0, 0.05) is 18.7 Å². The maximum atomic E-state index is 12.2. The summed E-state index contributed by atoms with van der Waals surface area (Å²) in [5, 5.41) is 2.71. The minimum absolute atomic E-state index is 0.244. The molecule has 0 bridgehead atoms. The van der Waals surface area contributed by atoms with E-state index in [2.05, 4.69) is 15.0 Å². The van der Waals surface area contributed by atoms with E-state index in [4.69, 9.17) is 4.74 Å². The van der Waals surface area contributed by atoms with Crippen molar-refractivity contribution in [1.82, 2.24) is 10.3 Å². The Morgan fingerprint density at radius 2 is 1.86 bits per heavy atom. The zero-order valence-electron chi connectivity index (χ0n) is 13.4. The van der Waals surface area contributed by atoms with E-state index in [1.54, 1.807) is 6.92 Å². The third-order valence-electron chi connectivity index (χ3n) is 3.37. The van der Waals surface area contributed by atoms with E-state index in [0.717, 1.165) is 0 Å². The Morgan fingerprint density at radius 3 is 2.41 bits per heavy atom. The summed E-state index contributed by atoms with van der Waals surface area (Å²) in [5.41, 5.74) is 1.98. The van der Waals surface area contributed by atoms with Gasteiger partial charge in [-0.15, -0.1) is 0 Å². The number of hydrogen-bond acceptors (Lipinski definition) is 5. The second-order valence-electron chi connectivity index (χ2n) is 4.76. The number of aryl methyl sites for hydroxylation is 1. The molecule has 1 aromatic rings. The Bertz CT molecular complexity index is 563. The highest BCUT2D eigenvalue weighted by Gasteiger charge is 2.23. The van der Waals surface area contributed by atoms with Gasteiger partial charge in [-0.25, -0.2) is 4.79 Å². The molecule has 0 aliphatic carbocycles. The molecule has 1 heterocycles. The number of carbonyl (C=O) groups is 3. The summed E-state index contributed by atoms with van der Waals surface area (Å²) in [5.74, 6) is -1.09. The van der Waals surface area contributed by atoms with Crippen LogP contribution < -0.4 is 5.32 Å². The maximum absolute atomic E-state index is 12.2. The van der Waals surface area contributed by atoms with E-state index >= 15 is 0 Å². The third kappa shape index (κ3) is 4.09. The average Bonchev–Trinajstić information content (AvgIpc) is 2.86.